The Bertz CT molecular complexity index is 1590. The summed E-state index contributed by atoms with van der Waals surface area (Å²) in [5, 5.41) is 0. The first-order valence-electron chi connectivity index (χ1n) is 35.2. The molecule has 0 radical (unpaired) electrons. The number of unbranched alkanes of at least 4 members (excludes halogenated alkanes) is 37. The number of carbonyl (C=O) groups excluding carboxylic acids is 3. The van der Waals surface area contributed by atoms with Crippen molar-refractivity contribution in [2.45, 2.75) is 354 Å². The number of allylic oxidation sites excluding steroid dienone is 16. The molecule has 6 heteroatoms. The molecule has 0 saturated heterocycles. The third-order valence-corrected chi connectivity index (χ3v) is 15.3. The standard InChI is InChI=1S/C76H132O6/c1-4-7-10-13-16-19-22-25-28-30-32-34-36-38-40-42-44-46-48-51-54-57-60-63-66-69-75(78)81-72-73(71-80-74(77)68-65-62-59-56-53-50-27-24-21-18-15-12-9-6-3)82-76(79)70-67-64-61-58-55-52-49-47-45-43-41-39-37-35-33-31-29-26-23-20-17-14-11-8-5-2/h7,10,15-16,18-19,24-25,27-28,32,34,38,40,44,46,73H,4-6,8-9,11-14,17,20-23,26,29-31,33,35-37,39,41-43,45,47-72H2,1-3H3/b10-7-,18-15-,19-16-,27-24-,28-25-,34-32-,40-38-,46-44-. The summed E-state index contributed by atoms with van der Waals surface area (Å²) in [4.78, 5) is 38.4. The zero-order chi connectivity index (χ0) is 59.2. The van der Waals surface area contributed by atoms with Gasteiger partial charge in [0.1, 0.15) is 13.2 Å². The lowest BCUT2D eigenvalue weighted by molar-refractivity contribution is -0.167. The molecule has 1 unspecified atom stereocenters. The molecule has 0 heterocycles. The highest BCUT2D eigenvalue weighted by atomic mass is 16.6. The quantitative estimate of drug-likeness (QED) is 0.0261. The van der Waals surface area contributed by atoms with E-state index in [2.05, 4.69) is 118 Å². The van der Waals surface area contributed by atoms with Gasteiger partial charge in [0.25, 0.3) is 0 Å². The largest absolute Gasteiger partial charge is 0.462 e. The molecule has 0 aliphatic rings. The predicted molar refractivity (Wildman–Crippen MR) is 357 cm³/mol. The van der Waals surface area contributed by atoms with Crippen molar-refractivity contribution in [1.82, 2.24) is 0 Å². The Morgan fingerprint density at radius 3 is 0.780 bits per heavy atom. The molecule has 0 spiro atoms. The van der Waals surface area contributed by atoms with E-state index in [0.717, 1.165) is 135 Å². The molecule has 0 amide bonds. The summed E-state index contributed by atoms with van der Waals surface area (Å²) in [5.41, 5.74) is 0. The van der Waals surface area contributed by atoms with Gasteiger partial charge in [-0.05, 0) is 96.3 Å². The van der Waals surface area contributed by atoms with E-state index in [1.54, 1.807) is 0 Å². The van der Waals surface area contributed by atoms with Crippen molar-refractivity contribution >= 4 is 17.9 Å². The average molecular weight is 1140 g/mol. The molecule has 0 aliphatic heterocycles. The predicted octanol–water partition coefficient (Wildman–Crippen LogP) is 24.4. The van der Waals surface area contributed by atoms with Gasteiger partial charge in [-0.3, -0.25) is 14.4 Å². The highest BCUT2D eigenvalue weighted by molar-refractivity contribution is 5.71. The monoisotopic (exact) mass is 1140 g/mol. The zero-order valence-electron chi connectivity index (χ0n) is 54.2. The van der Waals surface area contributed by atoms with Crippen LogP contribution in [0.25, 0.3) is 0 Å². The van der Waals surface area contributed by atoms with Gasteiger partial charge in [-0.25, -0.2) is 0 Å². The van der Waals surface area contributed by atoms with E-state index in [9.17, 15) is 14.4 Å². The van der Waals surface area contributed by atoms with Gasteiger partial charge >= 0.3 is 17.9 Å². The molecule has 0 aromatic heterocycles. The normalized spacial score (nSPS) is 12.7. The summed E-state index contributed by atoms with van der Waals surface area (Å²) >= 11 is 0. The molecule has 1 atom stereocenters. The van der Waals surface area contributed by atoms with Crippen LogP contribution >= 0.6 is 0 Å². The Labute approximate surface area is 508 Å². The fourth-order valence-electron chi connectivity index (χ4n) is 10.1. The van der Waals surface area contributed by atoms with Gasteiger partial charge in [0.15, 0.2) is 6.10 Å². The minimum atomic E-state index is -0.791. The number of hydrogen-bond donors (Lipinski definition) is 0. The van der Waals surface area contributed by atoms with Crippen LogP contribution in [0.3, 0.4) is 0 Å². The smallest absolute Gasteiger partial charge is 0.306 e. The molecule has 0 aliphatic carbocycles. The van der Waals surface area contributed by atoms with Gasteiger partial charge in [0.05, 0.1) is 0 Å². The lowest BCUT2D eigenvalue weighted by Crippen LogP contribution is -2.30. The van der Waals surface area contributed by atoms with Crippen LogP contribution < -0.4 is 0 Å². The van der Waals surface area contributed by atoms with Gasteiger partial charge in [-0.1, -0.05) is 330 Å². The van der Waals surface area contributed by atoms with Crippen LogP contribution in [0.5, 0.6) is 0 Å². The van der Waals surface area contributed by atoms with E-state index >= 15 is 0 Å². The van der Waals surface area contributed by atoms with Crippen molar-refractivity contribution in [1.29, 1.82) is 0 Å². The maximum absolute atomic E-state index is 13.0. The highest BCUT2D eigenvalue weighted by Crippen LogP contribution is 2.18. The van der Waals surface area contributed by atoms with E-state index in [1.807, 2.05) is 0 Å². The molecule has 0 fully saturated rings. The number of carbonyl (C=O) groups is 3. The third kappa shape index (κ3) is 67.1. The van der Waals surface area contributed by atoms with Crippen LogP contribution in [0.15, 0.2) is 97.2 Å². The first kappa shape index (κ1) is 78.3. The van der Waals surface area contributed by atoms with Crippen molar-refractivity contribution in [2.75, 3.05) is 13.2 Å². The van der Waals surface area contributed by atoms with E-state index in [0.29, 0.717) is 19.3 Å². The topological polar surface area (TPSA) is 78.9 Å². The molecule has 472 valence electrons. The summed E-state index contributed by atoms with van der Waals surface area (Å²) in [5.74, 6) is -0.898. The summed E-state index contributed by atoms with van der Waals surface area (Å²) < 4.78 is 17.0. The maximum atomic E-state index is 13.0. The molecule has 0 saturated carbocycles. The van der Waals surface area contributed by atoms with Crippen LogP contribution in [-0.4, -0.2) is 37.2 Å². The highest BCUT2D eigenvalue weighted by Gasteiger charge is 2.19. The molecule has 0 aromatic rings. The minimum absolute atomic E-state index is 0.0873. The van der Waals surface area contributed by atoms with Crippen LogP contribution in [0.4, 0.5) is 0 Å². The molecule has 82 heavy (non-hydrogen) atoms. The molecule has 0 bridgehead atoms. The summed E-state index contributed by atoms with van der Waals surface area (Å²) in [6, 6.07) is 0. The number of esters is 3. The lowest BCUT2D eigenvalue weighted by atomic mass is 10.0. The molecule has 0 rings (SSSR count). The van der Waals surface area contributed by atoms with Crippen LogP contribution in [0.1, 0.15) is 348 Å². The van der Waals surface area contributed by atoms with Gasteiger partial charge in [0, 0.05) is 19.3 Å². The number of hydrogen-bond acceptors (Lipinski definition) is 6. The fourth-order valence-corrected chi connectivity index (χ4v) is 10.1. The second-order valence-corrected chi connectivity index (χ2v) is 23.4. The first-order chi connectivity index (χ1) is 40.5. The Morgan fingerprint density at radius 2 is 0.488 bits per heavy atom. The van der Waals surface area contributed by atoms with E-state index in [4.69, 9.17) is 14.2 Å². The van der Waals surface area contributed by atoms with Crippen LogP contribution in [-0.2, 0) is 28.6 Å². The fraction of sp³-hybridized carbons (Fsp3) is 0.750. The van der Waals surface area contributed by atoms with Crippen molar-refractivity contribution in [3.8, 4) is 0 Å². The maximum Gasteiger partial charge on any atom is 0.306 e. The van der Waals surface area contributed by atoms with Gasteiger partial charge in [0.2, 0.25) is 0 Å². The van der Waals surface area contributed by atoms with Crippen molar-refractivity contribution in [3.63, 3.8) is 0 Å². The van der Waals surface area contributed by atoms with Crippen LogP contribution in [0.2, 0.25) is 0 Å². The zero-order valence-corrected chi connectivity index (χ0v) is 54.2. The Morgan fingerprint density at radius 1 is 0.256 bits per heavy atom. The minimum Gasteiger partial charge on any atom is -0.462 e. The van der Waals surface area contributed by atoms with Crippen molar-refractivity contribution in [3.05, 3.63) is 97.2 Å². The average Bonchev–Trinajstić information content (AvgIpc) is 3.47. The Hall–Kier alpha value is -3.67. The molecular formula is C76H132O6. The van der Waals surface area contributed by atoms with Gasteiger partial charge in [-0.15, -0.1) is 0 Å². The number of rotatable bonds is 64. The summed E-state index contributed by atoms with van der Waals surface area (Å²) in [7, 11) is 0. The molecule has 0 aromatic carbocycles. The third-order valence-electron chi connectivity index (χ3n) is 15.3. The van der Waals surface area contributed by atoms with E-state index in [1.165, 1.54) is 173 Å². The Kier molecular flexibility index (Phi) is 66.7. The Balaban J connectivity index is 4.33. The van der Waals surface area contributed by atoms with Gasteiger partial charge in [-0.2, -0.15) is 0 Å². The summed E-state index contributed by atoms with van der Waals surface area (Å²) in [6.07, 6.45) is 94.3. The van der Waals surface area contributed by atoms with Gasteiger partial charge < -0.3 is 14.2 Å². The van der Waals surface area contributed by atoms with Crippen molar-refractivity contribution < 1.29 is 28.6 Å². The molecule has 0 N–H and O–H groups in total. The molecule has 6 nitrogen and oxygen atoms in total. The molecular weight excluding hydrogens is 1010 g/mol. The second kappa shape index (κ2) is 69.8. The van der Waals surface area contributed by atoms with E-state index in [-0.39, 0.29) is 31.1 Å². The second-order valence-electron chi connectivity index (χ2n) is 23.4. The SMILES string of the molecule is CC/C=C\C/C=C\C/C=C\C/C=C\C/C=C\C/C=C\CCCCCCCCC(=O)OCC(COC(=O)CCCCCCC/C=C\C/C=C\CCCC)OC(=O)CCCCCCCCCCCCCCCCCCCCCCCCCCC. The van der Waals surface area contributed by atoms with Crippen molar-refractivity contribution in [2.24, 2.45) is 0 Å². The first-order valence-corrected chi connectivity index (χ1v) is 35.2. The van der Waals surface area contributed by atoms with E-state index < -0.39 is 6.10 Å². The lowest BCUT2D eigenvalue weighted by Gasteiger charge is -2.18. The van der Waals surface area contributed by atoms with Crippen LogP contribution in [0, 0.1) is 0 Å². The number of ether oxygens (including phenoxy) is 3. The summed E-state index contributed by atoms with van der Waals surface area (Å²) in [6.45, 7) is 6.51.